The molecule has 7 rings (SSSR count). The predicted molar refractivity (Wildman–Crippen MR) is 179 cm³/mol. The van der Waals surface area contributed by atoms with Gasteiger partial charge in [0.15, 0.2) is 0 Å². The van der Waals surface area contributed by atoms with Crippen molar-refractivity contribution in [2.45, 2.75) is 46.6 Å². The maximum absolute atomic E-state index is 4.86. The van der Waals surface area contributed by atoms with E-state index in [9.17, 15) is 0 Å². The third-order valence-corrected chi connectivity index (χ3v) is 8.67. The smallest absolute Gasteiger partial charge is 0.0726 e. The minimum absolute atomic E-state index is 0.395. The lowest BCUT2D eigenvalue weighted by Crippen LogP contribution is -2.27. The van der Waals surface area contributed by atoms with Gasteiger partial charge in [-0.1, -0.05) is 47.5 Å². The first-order chi connectivity index (χ1) is 20.9. The molecule has 0 radical (unpaired) electrons. The minimum atomic E-state index is 0.395. The summed E-state index contributed by atoms with van der Waals surface area (Å²) < 4.78 is 0. The van der Waals surface area contributed by atoms with Gasteiger partial charge >= 0.3 is 0 Å². The van der Waals surface area contributed by atoms with E-state index in [2.05, 4.69) is 122 Å². The van der Waals surface area contributed by atoms with Crippen LogP contribution >= 0.6 is 0 Å². The summed E-state index contributed by atoms with van der Waals surface area (Å²) >= 11 is 0. The zero-order valence-corrected chi connectivity index (χ0v) is 25.4. The van der Waals surface area contributed by atoms with E-state index in [4.69, 9.17) is 15.0 Å². The number of aryl methyl sites for hydroxylation is 4. The van der Waals surface area contributed by atoms with Crippen molar-refractivity contribution in [2.24, 2.45) is 0 Å². The van der Waals surface area contributed by atoms with Crippen LogP contribution in [0.1, 0.15) is 46.1 Å². The number of nitrogens with zero attached hydrogens (tertiary/aromatic N) is 5. The highest BCUT2D eigenvalue weighted by Crippen LogP contribution is 2.45. The van der Waals surface area contributed by atoms with Crippen LogP contribution < -0.4 is 9.80 Å². The fourth-order valence-corrected chi connectivity index (χ4v) is 6.64. The minimum Gasteiger partial charge on any atom is -0.365 e. The first kappa shape index (κ1) is 27.1. The highest BCUT2D eigenvalue weighted by molar-refractivity contribution is 5.96. The average molecular weight is 564 g/mol. The van der Waals surface area contributed by atoms with Crippen LogP contribution in [-0.4, -0.2) is 28.0 Å². The molecule has 4 heterocycles. The summed E-state index contributed by atoms with van der Waals surface area (Å²) in [5, 5.41) is 2.41. The van der Waals surface area contributed by atoms with Gasteiger partial charge in [-0.2, -0.15) is 0 Å². The topological polar surface area (TPSA) is 45.2 Å². The molecule has 0 saturated heterocycles. The van der Waals surface area contributed by atoms with E-state index in [0.717, 1.165) is 54.2 Å². The molecular formula is C38H37N5. The Hall–Kier alpha value is -4.77. The standard InChI is InChI=1S/C38H37N5/c1-25-12-14-34-32(19-25)37(21-27(3)40-34)42(24-30-9-7-8-17-39-30)18-16-29-23-43(36-11-6-5-10-31(29)36)38-22-28(4)41-35-15-13-26(2)20-33(35)38/h5-15,17,19-22,29H,16,18,23-24H2,1-4H3. The predicted octanol–water partition coefficient (Wildman–Crippen LogP) is 8.74. The molecule has 0 N–H and O–H groups in total. The van der Waals surface area contributed by atoms with Gasteiger partial charge in [-0.25, -0.2) is 0 Å². The van der Waals surface area contributed by atoms with E-state index in [1.807, 2.05) is 12.3 Å². The molecule has 0 amide bonds. The molecule has 3 aromatic heterocycles. The Labute approximate surface area is 253 Å². The summed E-state index contributed by atoms with van der Waals surface area (Å²) in [4.78, 5) is 19.5. The Morgan fingerprint density at radius 2 is 1.42 bits per heavy atom. The number of aromatic nitrogens is 3. The number of hydrogen-bond acceptors (Lipinski definition) is 5. The van der Waals surface area contributed by atoms with Crippen molar-refractivity contribution in [1.82, 2.24) is 15.0 Å². The fourth-order valence-electron chi connectivity index (χ4n) is 6.64. The Bertz CT molecular complexity index is 1950. The third kappa shape index (κ3) is 5.32. The fraction of sp³-hybridized carbons (Fsp3) is 0.237. The van der Waals surface area contributed by atoms with Gasteiger partial charge in [0.05, 0.1) is 29.0 Å². The van der Waals surface area contributed by atoms with E-state index in [1.165, 1.54) is 44.5 Å². The first-order valence-corrected chi connectivity index (χ1v) is 15.2. The second kappa shape index (κ2) is 11.1. The Balaban J connectivity index is 1.25. The zero-order valence-electron chi connectivity index (χ0n) is 25.4. The van der Waals surface area contributed by atoms with Crippen LogP contribution in [0, 0.1) is 27.7 Å². The second-order valence-electron chi connectivity index (χ2n) is 12.0. The molecule has 1 atom stereocenters. The van der Waals surface area contributed by atoms with Crippen molar-refractivity contribution in [3.05, 3.63) is 131 Å². The molecule has 0 aliphatic carbocycles. The SMILES string of the molecule is Cc1ccc2nc(C)cc(N(CCC3CN(c4cc(C)nc5ccc(C)cc45)c4ccccc43)Cc3ccccn3)c2c1. The van der Waals surface area contributed by atoms with Crippen molar-refractivity contribution in [2.75, 3.05) is 22.9 Å². The highest BCUT2D eigenvalue weighted by atomic mass is 15.2. The van der Waals surface area contributed by atoms with E-state index in [1.54, 1.807) is 0 Å². The number of rotatable bonds is 7. The van der Waals surface area contributed by atoms with E-state index in [0.29, 0.717) is 5.92 Å². The summed E-state index contributed by atoms with van der Waals surface area (Å²) in [5.41, 5.74) is 12.9. The molecule has 0 bridgehead atoms. The Morgan fingerprint density at radius 3 is 2.19 bits per heavy atom. The lowest BCUT2D eigenvalue weighted by Gasteiger charge is -2.28. The molecule has 3 aromatic carbocycles. The average Bonchev–Trinajstić information content (AvgIpc) is 3.38. The van der Waals surface area contributed by atoms with Crippen molar-refractivity contribution in [1.29, 1.82) is 0 Å². The van der Waals surface area contributed by atoms with Gasteiger partial charge in [-0.3, -0.25) is 15.0 Å². The van der Waals surface area contributed by atoms with Crippen LogP contribution in [0.4, 0.5) is 17.1 Å². The van der Waals surface area contributed by atoms with Gasteiger partial charge in [-0.05, 0) is 94.3 Å². The Morgan fingerprint density at radius 1 is 0.721 bits per heavy atom. The van der Waals surface area contributed by atoms with Crippen LogP contribution in [0.15, 0.2) is 97.2 Å². The number of para-hydroxylation sites is 1. The van der Waals surface area contributed by atoms with E-state index < -0.39 is 0 Å². The van der Waals surface area contributed by atoms with Crippen LogP contribution in [0.2, 0.25) is 0 Å². The quantitative estimate of drug-likeness (QED) is 0.194. The summed E-state index contributed by atoms with van der Waals surface area (Å²) in [6, 6.07) is 32.8. The number of hydrogen-bond donors (Lipinski definition) is 0. The number of pyridine rings is 3. The van der Waals surface area contributed by atoms with Gasteiger partial charge in [-0.15, -0.1) is 0 Å². The summed E-state index contributed by atoms with van der Waals surface area (Å²) in [6.45, 7) is 11.1. The van der Waals surface area contributed by atoms with Crippen LogP contribution in [-0.2, 0) is 6.54 Å². The molecule has 0 fully saturated rings. The Kier molecular flexibility index (Phi) is 7.02. The van der Waals surface area contributed by atoms with Crippen molar-refractivity contribution in [3.8, 4) is 0 Å². The molecule has 214 valence electrons. The lowest BCUT2D eigenvalue weighted by atomic mass is 9.97. The summed E-state index contributed by atoms with van der Waals surface area (Å²) in [7, 11) is 0. The maximum atomic E-state index is 4.86. The molecule has 1 aliphatic heterocycles. The molecule has 43 heavy (non-hydrogen) atoms. The third-order valence-electron chi connectivity index (χ3n) is 8.67. The molecule has 1 unspecified atom stereocenters. The van der Waals surface area contributed by atoms with Crippen molar-refractivity contribution < 1.29 is 0 Å². The molecule has 1 aliphatic rings. The lowest BCUT2D eigenvalue weighted by molar-refractivity contribution is 0.630. The summed E-state index contributed by atoms with van der Waals surface area (Å²) in [5.74, 6) is 0.395. The van der Waals surface area contributed by atoms with E-state index in [-0.39, 0.29) is 0 Å². The van der Waals surface area contributed by atoms with Crippen LogP contribution in [0.3, 0.4) is 0 Å². The van der Waals surface area contributed by atoms with Gasteiger partial charge in [0.25, 0.3) is 0 Å². The first-order valence-electron chi connectivity index (χ1n) is 15.2. The van der Waals surface area contributed by atoms with Gasteiger partial charge < -0.3 is 9.80 Å². The van der Waals surface area contributed by atoms with Crippen LogP contribution in [0.25, 0.3) is 21.8 Å². The van der Waals surface area contributed by atoms with Crippen LogP contribution in [0.5, 0.6) is 0 Å². The van der Waals surface area contributed by atoms with Crippen molar-refractivity contribution in [3.63, 3.8) is 0 Å². The van der Waals surface area contributed by atoms with Gasteiger partial charge in [0.2, 0.25) is 0 Å². The molecule has 0 saturated carbocycles. The summed E-state index contributed by atoms with van der Waals surface area (Å²) in [6.07, 6.45) is 2.91. The van der Waals surface area contributed by atoms with Crippen molar-refractivity contribution >= 4 is 38.9 Å². The molecule has 0 spiro atoms. The second-order valence-corrected chi connectivity index (χ2v) is 12.0. The molecule has 5 heteroatoms. The highest BCUT2D eigenvalue weighted by Gasteiger charge is 2.31. The molecule has 6 aromatic rings. The normalized spacial score (nSPS) is 14.4. The zero-order chi connectivity index (χ0) is 29.5. The molecular weight excluding hydrogens is 526 g/mol. The van der Waals surface area contributed by atoms with Gasteiger partial charge in [0, 0.05) is 58.7 Å². The number of anilines is 3. The van der Waals surface area contributed by atoms with Gasteiger partial charge in [0.1, 0.15) is 0 Å². The largest absolute Gasteiger partial charge is 0.365 e. The number of fused-ring (bicyclic) bond motifs is 3. The number of benzene rings is 3. The monoisotopic (exact) mass is 563 g/mol. The van der Waals surface area contributed by atoms with E-state index >= 15 is 0 Å². The molecule has 5 nitrogen and oxygen atoms in total. The maximum Gasteiger partial charge on any atom is 0.0726 e.